The number of hydrazine groups is 1. The van der Waals surface area contributed by atoms with Gasteiger partial charge in [-0.25, -0.2) is 0 Å². The van der Waals surface area contributed by atoms with Crippen LogP contribution in [0.4, 0.5) is 0 Å². The van der Waals surface area contributed by atoms with Crippen molar-refractivity contribution in [2.24, 2.45) is 5.84 Å². The average Bonchev–Trinajstić information content (AvgIpc) is 2.88. The number of aromatic nitrogens is 2. The van der Waals surface area contributed by atoms with Crippen molar-refractivity contribution in [1.82, 2.24) is 15.2 Å². The maximum absolute atomic E-state index is 5.62. The molecule has 1 atom stereocenters. The van der Waals surface area contributed by atoms with E-state index in [9.17, 15) is 0 Å². The Morgan fingerprint density at radius 1 is 1.37 bits per heavy atom. The van der Waals surface area contributed by atoms with E-state index in [-0.39, 0.29) is 0 Å². The Hall–Kier alpha value is -0.520. The predicted molar refractivity (Wildman–Crippen MR) is 84.3 cm³/mol. The van der Waals surface area contributed by atoms with E-state index >= 15 is 0 Å². The molecule has 0 saturated carbocycles. The van der Waals surface area contributed by atoms with E-state index < -0.39 is 0 Å². The first-order chi connectivity index (χ1) is 9.24. The molecule has 0 aliphatic carbocycles. The number of thioether (sulfide) groups is 1. The molecule has 0 spiro atoms. The maximum atomic E-state index is 5.62. The molecule has 1 aromatic heterocycles. The van der Waals surface area contributed by atoms with Gasteiger partial charge >= 0.3 is 0 Å². The lowest BCUT2D eigenvalue weighted by Gasteiger charge is -2.15. The number of nitrogens with two attached hydrogens (primary N) is 1. The molecule has 0 aliphatic rings. The van der Waals surface area contributed by atoms with Crippen LogP contribution in [-0.2, 0) is 6.42 Å². The summed E-state index contributed by atoms with van der Waals surface area (Å²) < 4.78 is 2.10. The zero-order valence-corrected chi connectivity index (χ0v) is 13.2. The number of rotatable bonds is 10. The molecule has 1 aromatic rings. The van der Waals surface area contributed by atoms with Crippen molar-refractivity contribution in [3.05, 3.63) is 18.0 Å². The van der Waals surface area contributed by atoms with E-state index in [1.807, 2.05) is 11.8 Å². The summed E-state index contributed by atoms with van der Waals surface area (Å²) in [4.78, 5) is 0. The van der Waals surface area contributed by atoms with Crippen molar-refractivity contribution in [3.8, 4) is 0 Å². The fourth-order valence-electron chi connectivity index (χ4n) is 2.14. The van der Waals surface area contributed by atoms with Crippen LogP contribution in [0.25, 0.3) is 0 Å². The maximum Gasteiger partial charge on any atom is 0.0641 e. The molecule has 0 fully saturated rings. The molecular formula is C14H28N4S. The first kappa shape index (κ1) is 16.5. The van der Waals surface area contributed by atoms with Gasteiger partial charge < -0.3 is 0 Å². The van der Waals surface area contributed by atoms with Gasteiger partial charge in [0.1, 0.15) is 0 Å². The minimum atomic E-state index is 0.307. The van der Waals surface area contributed by atoms with Crippen LogP contribution < -0.4 is 11.3 Å². The van der Waals surface area contributed by atoms with Gasteiger partial charge in [-0.2, -0.15) is 16.9 Å². The minimum absolute atomic E-state index is 0.307. The Labute approximate surface area is 121 Å². The smallest absolute Gasteiger partial charge is 0.0641 e. The van der Waals surface area contributed by atoms with Crippen molar-refractivity contribution >= 4 is 11.8 Å². The Morgan fingerprint density at radius 3 is 2.68 bits per heavy atom. The monoisotopic (exact) mass is 284 g/mol. The van der Waals surface area contributed by atoms with Gasteiger partial charge in [-0.3, -0.25) is 16.0 Å². The molecule has 1 rings (SSSR count). The van der Waals surface area contributed by atoms with Crippen LogP contribution in [0.1, 0.15) is 51.8 Å². The molecule has 1 heterocycles. The second kappa shape index (κ2) is 9.39. The van der Waals surface area contributed by atoms with Gasteiger partial charge in [-0.15, -0.1) is 0 Å². The van der Waals surface area contributed by atoms with E-state index in [0.717, 1.165) is 30.7 Å². The summed E-state index contributed by atoms with van der Waals surface area (Å²) in [6.45, 7) is 6.62. The van der Waals surface area contributed by atoms with E-state index in [1.165, 1.54) is 12.2 Å². The largest absolute Gasteiger partial charge is 0.271 e. The third-order valence-corrected chi connectivity index (χ3v) is 4.67. The first-order valence-corrected chi connectivity index (χ1v) is 8.48. The molecule has 0 radical (unpaired) electrons. The highest BCUT2D eigenvalue weighted by molar-refractivity contribution is 7.99. The second-order valence-corrected chi connectivity index (χ2v) is 6.05. The second-order valence-electron chi connectivity index (χ2n) is 4.90. The highest BCUT2D eigenvalue weighted by Crippen LogP contribution is 2.15. The fraction of sp³-hybridized carbons (Fsp3) is 0.786. The number of nitrogens with zero attached hydrogens (tertiary/aromatic N) is 2. The first-order valence-electron chi connectivity index (χ1n) is 7.32. The lowest BCUT2D eigenvalue weighted by molar-refractivity contribution is 0.423. The lowest BCUT2D eigenvalue weighted by Crippen LogP contribution is -2.38. The summed E-state index contributed by atoms with van der Waals surface area (Å²) in [6.07, 6.45) is 6.47. The van der Waals surface area contributed by atoms with Crippen molar-refractivity contribution in [2.45, 2.75) is 58.5 Å². The highest BCUT2D eigenvalue weighted by atomic mass is 32.2. The third kappa shape index (κ3) is 5.55. The Bertz CT molecular complexity index is 336. The minimum Gasteiger partial charge on any atom is -0.271 e. The van der Waals surface area contributed by atoms with E-state index in [1.54, 1.807) is 0 Å². The van der Waals surface area contributed by atoms with Crippen LogP contribution in [0.3, 0.4) is 0 Å². The molecule has 19 heavy (non-hydrogen) atoms. The molecule has 4 nitrogen and oxygen atoms in total. The Balaban J connectivity index is 2.50. The van der Waals surface area contributed by atoms with E-state index in [2.05, 4.69) is 48.2 Å². The van der Waals surface area contributed by atoms with Crippen LogP contribution in [-0.4, -0.2) is 27.3 Å². The molecular weight excluding hydrogens is 256 g/mol. The number of hydrogen-bond donors (Lipinski definition) is 2. The zero-order chi connectivity index (χ0) is 14.1. The summed E-state index contributed by atoms with van der Waals surface area (Å²) in [5, 5.41) is 4.68. The van der Waals surface area contributed by atoms with Crippen LogP contribution in [0.2, 0.25) is 0 Å². The highest BCUT2D eigenvalue weighted by Gasteiger charge is 2.12. The topological polar surface area (TPSA) is 55.9 Å². The molecule has 0 aromatic carbocycles. The van der Waals surface area contributed by atoms with Crippen molar-refractivity contribution in [2.75, 3.05) is 11.5 Å². The Kier molecular flexibility index (Phi) is 8.18. The molecule has 0 saturated heterocycles. The van der Waals surface area contributed by atoms with E-state index in [4.69, 9.17) is 5.84 Å². The summed E-state index contributed by atoms with van der Waals surface area (Å²) in [5.74, 6) is 7.86. The van der Waals surface area contributed by atoms with Gasteiger partial charge in [0.05, 0.1) is 11.7 Å². The fourth-order valence-corrected chi connectivity index (χ4v) is 3.09. The van der Waals surface area contributed by atoms with Crippen molar-refractivity contribution in [1.29, 1.82) is 0 Å². The summed E-state index contributed by atoms with van der Waals surface area (Å²) in [7, 11) is 0. The summed E-state index contributed by atoms with van der Waals surface area (Å²) in [5.41, 5.74) is 4.04. The van der Waals surface area contributed by atoms with Crippen molar-refractivity contribution in [3.63, 3.8) is 0 Å². The quantitative estimate of drug-likeness (QED) is 0.394. The Morgan fingerprint density at radius 2 is 2.11 bits per heavy atom. The molecule has 5 heteroatoms. The number of nitrogens with one attached hydrogen (secondary N) is 1. The van der Waals surface area contributed by atoms with Gasteiger partial charge in [0, 0.05) is 24.4 Å². The lowest BCUT2D eigenvalue weighted by atomic mass is 10.2. The van der Waals surface area contributed by atoms with Gasteiger partial charge in [0.15, 0.2) is 0 Å². The van der Waals surface area contributed by atoms with Gasteiger partial charge in [-0.1, -0.05) is 20.8 Å². The normalized spacial score (nSPS) is 13.1. The third-order valence-electron chi connectivity index (χ3n) is 3.34. The molecule has 0 bridgehead atoms. The van der Waals surface area contributed by atoms with Crippen molar-refractivity contribution < 1.29 is 0 Å². The molecule has 110 valence electrons. The van der Waals surface area contributed by atoms with Crippen LogP contribution in [0.15, 0.2) is 12.3 Å². The van der Waals surface area contributed by atoms with Gasteiger partial charge in [0.25, 0.3) is 0 Å². The molecule has 0 amide bonds. The van der Waals surface area contributed by atoms with Crippen LogP contribution in [0, 0.1) is 0 Å². The zero-order valence-electron chi connectivity index (χ0n) is 12.4. The molecule has 0 aliphatic heterocycles. The summed E-state index contributed by atoms with van der Waals surface area (Å²) in [6, 6.07) is 2.95. The van der Waals surface area contributed by atoms with E-state index in [0.29, 0.717) is 12.1 Å². The molecule has 1 unspecified atom stereocenters. The van der Waals surface area contributed by atoms with Gasteiger partial charge in [0.2, 0.25) is 0 Å². The van der Waals surface area contributed by atoms with Gasteiger partial charge in [-0.05, 0) is 31.1 Å². The number of hydrogen-bond acceptors (Lipinski definition) is 4. The van der Waals surface area contributed by atoms with Crippen LogP contribution >= 0.6 is 11.8 Å². The SMILES string of the molecule is CCCSCC(Cc1ccn(C(CC)CC)n1)NN. The standard InChI is InChI=1S/C14H28N4S/c1-4-9-19-11-13(16-15)10-12-7-8-18(17-12)14(5-2)6-3/h7-8,13-14,16H,4-6,9-11,15H2,1-3H3. The van der Waals surface area contributed by atoms with Crippen LogP contribution in [0.5, 0.6) is 0 Å². The average molecular weight is 284 g/mol. The summed E-state index contributed by atoms with van der Waals surface area (Å²) >= 11 is 1.95. The molecule has 3 N–H and O–H groups in total. The predicted octanol–water partition coefficient (Wildman–Crippen LogP) is 2.76.